The molecule has 0 bridgehead atoms. The largest absolute Gasteiger partial charge is 0.342 e. The van der Waals surface area contributed by atoms with Crippen molar-refractivity contribution in [2.75, 3.05) is 13.6 Å². The molecule has 7 nitrogen and oxygen atoms in total. The zero-order chi connectivity index (χ0) is 14.8. The van der Waals surface area contributed by atoms with Gasteiger partial charge in [-0.25, -0.2) is 8.42 Å². The molecular weight excluding hydrogens is 296 g/mol. The fraction of sp³-hybridized carbons (Fsp3) is 0.300. The molecule has 0 saturated heterocycles. The molecule has 0 saturated carbocycles. The number of halogens is 1. The first kappa shape index (κ1) is 15.4. The van der Waals surface area contributed by atoms with Gasteiger partial charge in [0.2, 0.25) is 0 Å². The molecule has 0 aromatic heterocycles. The minimum atomic E-state index is -4.15. The van der Waals surface area contributed by atoms with Crippen molar-refractivity contribution in [1.29, 1.82) is 0 Å². The second-order valence-electron chi connectivity index (χ2n) is 3.73. The lowest BCUT2D eigenvalue weighted by atomic mass is 10.2. The van der Waals surface area contributed by atoms with Crippen LogP contribution < -0.4 is 0 Å². The number of amides is 1. The van der Waals surface area contributed by atoms with E-state index in [0.29, 0.717) is 6.54 Å². The summed E-state index contributed by atoms with van der Waals surface area (Å²) in [6, 6.07) is 2.84. The quantitative estimate of drug-likeness (QED) is 0.478. The highest BCUT2D eigenvalue weighted by molar-refractivity contribution is 8.13. The Balaban J connectivity index is 3.45. The van der Waals surface area contributed by atoms with E-state index in [2.05, 4.69) is 0 Å². The van der Waals surface area contributed by atoms with Crippen molar-refractivity contribution >= 4 is 31.3 Å². The predicted molar refractivity (Wildman–Crippen MR) is 68.8 cm³/mol. The van der Waals surface area contributed by atoms with Gasteiger partial charge in [0.25, 0.3) is 20.6 Å². The third-order valence-corrected chi connectivity index (χ3v) is 3.78. The minimum absolute atomic E-state index is 0.0993. The Morgan fingerprint density at radius 3 is 2.42 bits per heavy atom. The molecule has 0 unspecified atom stereocenters. The van der Waals surface area contributed by atoms with Gasteiger partial charge in [0.15, 0.2) is 0 Å². The summed E-state index contributed by atoms with van der Waals surface area (Å²) in [6.45, 7) is 2.10. The molecule has 0 radical (unpaired) electrons. The van der Waals surface area contributed by atoms with E-state index in [1.54, 1.807) is 6.92 Å². The monoisotopic (exact) mass is 306 g/mol. The maximum Gasteiger partial charge on any atom is 0.271 e. The summed E-state index contributed by atoms with van der Waals surface area (Å²) in [6.07, 6.45) is 0. The highest BCUT2D eigenvalue weighted by atomic mass is 35.7. The highest BCUT2D eigenvalue weighted by Crippen LogP contribution is 2.24. The van der Waals surface area contributed by atoms with Crippen LogP contribution in [-0.2, 0) is 9.05 Å². The molecule has 0 N–H and O–H groups in total. The van der Waals surface area contributed by atoms with Gasteiger partial charge >= 0.3 is 0 Å². The van der Waals surface area contributed by atoms with E-state index in [1.807, 2.05) is 0 Å². The molecule has 1 aromatic carbocycles. The van der Waals surface area contributed by atoms with Crippen LogP contribution in [0.4, 0.5) is 5.69 Å². The van der Waals surface area contributed by atoms with Crippen molar-refractivity contribution in [3.63, 3.8) is 0 Å². The molecule has 0 aliphatic heterocycles. The van der Waals surface area contributed by atoms with Gasteiger partial charge in [-0.1, -0.05) is 0 Å². The van der Waals surface area contributed by atoms with Crippen LogP contribution in [0.1, 0.15) is 17.3 Å². The number of nitro groups is 1. The molecular formula is C10H11ClN2O5S. The lowest BCUT2D eigenvalue weighted by Crippen LogP contribution is -2.26. The highest BCUT2D eigenvalue weighted by Gasteiger charge is 2.21. The van der Waals surface area contributed by atoms with E-state index in [1.165, 1.54) is 11.9 Å². The van der Waals surface area contributed by atoms with Crippen LogP contribution in [0.5, 0.6) is 0 Å². The topological polar surface area (TPSA) is 97.6 Å². The fourth-order valence-corrected chi connectivity index (χ4v) is 2.11. The van der Waals surface area contributed by atoms with Crippen molar-refractivity contribution in [1.82, 2.24) is 4.90 Å². The zero-order valence-electron chi connectivity index (χ0n) is 10.2. The molecule has 0 heterocycles. The minimum Gasteiger partial charge on any atom is -0.342 e. The SMILES string of the molecule is CCN(C)C(=O)c1cc([N+](=O)[O-])cc(S(=O)(=O)Cl)c1. The fourth-order valence-electron chi connectivity index (χ4n) is 1.32. The maximum absolute atomic E-state index is 11.9. The van der Waals surface area contributed by atoms with E-state index >= 15 is 0 Å². The summed E-state index contributed by atoms with van der Waals surface area (Å²) < 4.78 is 22.5. The standard InChI is InChI=1S/C10H11ClN2O5S/c1-3-12(2)10(14)7-4-8(13(15)16)6-9(5-7)19(11,17)18/h4-6H,3H2,1-2H3. The molecule has 1 rings (SSSR count). The van der Waals surface area contributed by atoms with E-state index in [4.69, 9.17) is 10.7 Å². The van der Waals surface area contributed by atoms with Gasteiger partial charge < -0.3 is 4.90 Å². The van der Waals surface area contributed by atoms with Gasteiger partial charge in [-0.15, -0.1) is 0 Å². The third kappa shape index (κ3) is 3.65. The molecule has 19 heavy (non-hydrogen) atoms. The number of non-ortho nitro benzene ring substituents is 1. The molecule has 0 fully saturated rings. The molecule has 9 heteroatoms. The Labute approximate surface area is 114 Å². The second-order valence-corrected chi connectivity index (χ2v) is 6.30. The average Bonchev–Trinajstić information content (AvgIpc) is 2.35. The van der Waals surface area contributed by atoms with Crippen LogP contribution in [0.15, 0.2) is 23.1 Å². The Bertz CT molecular complexity index is 629. The molecule has 104 valence electrons. The number of hydrogen-bond acceptors (Lipinski definition) is 5. The van der Waals surface area contributed by atoms with Gasteiger partial charge in [-0.2, -0.15) is 0 Å². The molecule has 0 spiro atoms. The lowest BCUT2D eigenvalue weighted by molar-refractivity contribution is -0.385. The first-order valence-electron chi connectivity index (χ1n) is 5.16. The molecule has 0 atom stereocenters. The van der Waals surface area contributed by atoms with Crippen molar-refractivity contribution in [2.45, 2.75) is 11.8 Å². The third-order valence-electron chi connectivity index (χ3n) is 2.45. The summed E-state index contributed by atoms with van der Waals surface area (Å²) in [5, 5.41) is 10.7. The number of nitro benzene ring substituents is 1. The Morgan fingerprint density at radius 1 is 1.42 bits per heavy atom. The van der Waals surface area contributed by atoms with Crippen LogP contribution in [0.2, 0.25) is 0 Å². The molecule has 1 aromatic rings. The Morgan fingerprint density at radius 2 is 2.00 bits per heavy atom. The summed E-state index contributed by atoms with van der Waals surface area (Å²) >= 11 is 0. The van der Waals surface area contributed by atoms with Crippen molar-refractivity contribution < 1.29 is 18.1 Å². The summed E-state index contributed by atoms with van der Waals surface area (Å²) in [5.41, 5.74) is -0.604. The summed E-state index contributed by atoms with van der Waals surface area (Å²) in [4.78, 5) is 22.7. The van der Waals surface area contributed by atoms with Gasteiger partial charge in [0.05, 0.1) is 9.82 Å². The van der Waals surface area contributed by atoms with Gasteiger partial charge in [0.1, 0.15) is 0 Å². The second kappa shape index (κ2) is 5.54. The average molecular weight is 307 g/mol. The van der Waals surface area contributed by atoms with Gasteiger partial charge in [-0.3, -0.25) is 14.9 Å². The predicted octanol–water partition coefficient (Wildman–Crippen LogP) is 1.61. The van der Waals surface area contributed by atoms with E-state index in [0.717, 1.165) is 18.2 Å². The van der Waals surface area contributed by atoms with Crippen LogP contribution in [0.25, 0.3) is 0 Å². The van der Waals surface area contributed by atoms with Crippen molar-refractivity contribution in [3.05, 3.63) is 33.9 Å². The molecule has 1 amide bonds. The summed E-state index contributed by atoms with van der Waals surface area (Å²) in [7, 11) is 2.50. The van der Waals surface area contributed by atoms with Gasteiger partial charge in [-0.05, 0) is 13.0 Å². The molecule has 0 aliphatic carbocycles. The zero-order valence-corrected chi connectivity index (χ0v) is 11.7. The van der Waals surface area contributed by atoms with Crippen molar-refractivity contribution in [2.24, 2.45) is 0 Å². The number of rotatable bonds is 4. The smallest absolute Gasteiger partial charge is 0.271 e. The van der Waals surface area contributed by atoms with Crippen LogP contribution >= 0.6 is 10.7 Å². The Kier molecular flexibility index (Phi) is 4.48. The van der Waals surface area contributed by atoms with Crippen molar-refractivity contribution in [3.8, 4) is 0 Å². The number of carbonyl (C=O) groups excluding carboxylic acids is 1. The molecule has 0 aliphatic rings. The number of nitrogens with zero attached hydrogens (tertiary/aromatic N) is 2. The van der Waals surface area contributed by atoms with E-state index in [9.17, 15) is 23.3 Å². The normalized spacial score (nSPS) is 11.1. The first-order valence-corrected chi connectivity index (χ1v) is 7.47. The lowest BCUT2D eigenvalue weighted by Gasteiger charge is -2.14. The van der Waals surface area contributed by atoms with Crippen LogP contribution in [-0.4, -0.2) is 37.7 Å². The maximum atomic E-state index is 11.9. The number of benzene rings is 1. The Hall–Kier alpha value is -1.67. The van der Waals surface area contributed by atoms with E-state index in [-0.39, 0.29) is 5.56 Å². The van der Waals surface area contributed by atoms with E-state index < -0.39 is 30.5 Å². The van der Waals surface area contributed by atoms with Crippen LogP contribution in [0.3, 0.4) is 0 Å². The van der Waals surface area contributed by atoms with Crippen LogP contribution in [0, 0.1) is 10.1 Å². The number of hydrogen-bond donors (Lipinski definition) is 0. The summed E-state index contributed by atoms with van der Waals surface area (Å²) in [5.74, 6) is -0.521. The number of carbonyl (C=O) groups is 1. The first-order chi connectivity index (χ1) is 8.66. The van der Waals surface area contributed by atoms with Gasteiger partial charge in [0, 0.05) is 42.0 Å².